The zero-order valence-corrected chi connectivity index (χ0v) is 30.0. The number of aryl methyl sites for hydroxylation is 2. The van der Waals surface area contributed by atoms with E-state index in [1.54, 1.807) is 0 Å². The molecule has 0 aliphatic heterocycles. The van der Waals surface area contributed by atoms with E-state index < -0.39 is 37.0 Å². The molecule has 0 bridgehead atoms. The van der Waals surface area contributed by atoms with Crippen LogP contribution in [-0.2, 0) is 58.4 Å². The first-order valence-corrected chi connectivity index (χ1v) is 16.1. The van der Waals surface area contributed by atoms with E-state index in [1.165, 1.54) is 0 Å². The molecule has 0 aliphatic rings. The van der Waals surface area contributed by atoms with Crippen molar-refractivity contribution in [2.24, 2.45) is 5.92 Å². The van der Waals surface area contributed by atoms with E-state index in [1.807, 2.05) is 107 Å². The van der Waals surface area contributed by atoms with Crippen molar-refractivity contribution < 1.29 is 39.2 Å². The molecule has 0 unspecified atom stereocenters. The van der Waals surface area contributed by atoms with Gasteiger partial charge in [0.15, 0.2) is 0 Å². The van der Waals surface area contributed by atoms with Crippen LogP contribution in [0.15, 0.2) is 24.3 Å². The van der Waals surface area contributed by atoms with Gasteiger partial charge in [0.05, 0.1) is 0 Å². The number of esters is 2. The third-order valence-electron chi connectivity index (χ3n) is 8.05. The fraction of sp³-hybridized carbons (Fsp3) is 0.605. The van der Waals surface area contributed by atoms with E-state index in [4.69, 9.17) is 9.47 Å². The average molecular weight is 641 g/mol. The number of carboxylic acid groups (broad SMARTS) is 1. The molecule has 0 atom stereocenters. The largest absolute Gasteiger partial charge is 0.507 e. The Bertz CT molecular complexity index is 1240. The summed E-state index contributed by atoms with van der Waals surface area (Å²) in [5.74, 6) is -3.02. The number of carbonyl (C=O) groups excluding carboxylic acids is 2. The van der Waals surface area contributed by atoms with Crippen LogP contribution in [0.2, 0.25) is 0 Å². The number of hydrogen-bond acceptors (Lipinski definition) is 7. The van der Waals surface area contributed by atoms with Gasteiger partial charge in [0, 0.05) is 12.8 Å². The van der Waals surface area contributed by atoms with Gasteiger partial charge in [-0.05, 0) is 67.9 Å². The van der Waals surface area contributed by atoms with Crippen molar-refractivity contribution in [3.8, 4) is 11.5 Å². The number of phenolic OH excluding ortho intramolecular Hbond substituents is 2. The molecule has 2 rings (SSSR count). The Labute approximate surface area is 275 Å². The van der Waals surface area contributed by atoms with E-state index in [0.29, 0.717) is 12.8 Å². The topological polar surface area (TPSA) is 130 Å². The number of aliphatic carboxylic acids is 1. The summed E-state index contributed by atoms with van der Waals surface area (Å²) < 4.78 is 10.6. The minimum Gasteiger partial charge on any atom is -0.507 e. The highest BCUT2D eigenvalue weighted by Gasteiger charge is 2.29. The molecule has 0 saturated heterocycles. The minimum atomic E-state index is -1.23. The lowest BCUT2D eigenvalue weighted by Crippen LogP contribution is -2.28. The quantitative estimate of drug-likeness (QED) is 0.214. The Morgan fingerprint density at radius 1 is 0.565 bits per heavy atom. The van der Waals surface area contributed by atoms with Crippen LogP contribution in [-0.4, -0.2) is 46.4 Å². The molecule has 0 spiro atoms. The van der Waals surface area contributed by atoms with Crippen LogP contribution >= 0.6 is 0 Å². The normalized spacial score (nSPS) is 12.7. The van der Waals surface area contributed by atoms with Gasteiger partial charge in [-0.3, -0.25) is 14.4 Å². The molecule has 0 fully saturated rings. The molecule has 0 aliphatic carbocycles. The van der Waals surface area contributed by atoms with Crippen molar-refractivity contribution in [2.75, 3.05) is 13.2 Å². The highest BCUT2D eigenvalue weighted by molar-refractivity contribution is 5.74. The second-order valence-corrected chi connectivity index (χ2v) is 16.5. The fourth-order valence-corrected chi connectivity index (χ4v) is 5.18. The molecule has 0 amide bonds. The number of phenols is 2. The van der Waals surface area contributed by atoms with E-state index in [0.717, 1.165) is 33.4 Å². The van der Waals surface area contributed by atoms with E-state index in [9.17, 15) is 29.7 Å². The molecular formula is C38H56O8. The van der Waals surface area contributed by atoms with Crippen molar-refractivity contribution >= 4 is 17.9 Å². The van der Waals surface area contributed by atoms with Crippen LogP contribution in [0, 0.1) is 5.92 Å². The second kappa shape index (κ2) is 14.5. The van der Waals surface area contributed by atoms with Gasteiger partial charge in [0.2, 0.25) is 0 Å². The molecule has 46 heavy (non-hydrogen) atoms. The summed E-state index contributed by atoms with van der Waals surface area (Å²) in [6.07, 6.45) is 0.792. The van der Waals surface area contributed by atoms with Gasteiger partial charge in [-0.2, -0.15) is 0 Å². The van der Waals surface area contributed by atoms with Gasteiger partial charge in [-0.1, -0.05) is 107 Å². The maximum Gasteiger partial charge on any atom is 0.313 e. The Kier molecular flexibility index (Phi) is 12.2. The molecule has 2 aromatic carbocycles. The van der Waals surface area contributed by atoms with Crippen LogP contribution < -0.4 is 0 Å². The Morgan fingerprint density at radius 3 is 1.04 bits per heavy atom. The third kappa shape index (κ3) is 10.8. The smallest absolute Gasteiger partial charge is 0.313 e. The first-order chi connectivity index (χ1) is 20.8. The van der Waals surface area contributed by atoms with Gasteiger partial charge in [0.25, 0.3) is 0 Å². The molecule has 8 nitrogen and oxygen atoms in total. The molecule has 3 N–H and O–H groups in total. The monoisotopic (exact) mass is 640 g/mol. The zero-order chi connectivity index (χ0) is 35.4. The maximum absolute atomic E-state index is 12.6. The summed E-state index contributed by atoms with van der Waals surface area (Å²) in [5, 5.41) is 31.5. The lowest BCUT2D eigenvalue weighted by Gasteiger charge is -2.28. The van der Waals surface area contributed by atoms with Crippen LogP contribution in [0.5, 0.6) is 11.5 Å². The van der Waals surface area contributed by atoms with Crippen molar-refractivity contribution in [1.29, 1.82) is 0 Å². The minimum absolute atomic E-state index is 0.0316. The first kappa shape index (κ1) is 38.6. The number of aromatic hydroxyl groups is 2. The van der Waals surface area contributed by atoms with Gasteiger partial charge >= 0.3 is 17.9 Å². The van der Waals surface area contributed by atoms with Crippen LogP contribution in [0.25, 0.3) is 0 Å². The lowest BCUT2D eigenvalue weighted by molar-refractivity contribution is -0.156. The molecule has 2 aromatic rings. The summed E-state index contributed by atoms with van der Waals surface area (Å²) in [4.78, 5) is 37.0. The summed E-state index contributed by atoms with van der Waals surface area (Å²) in [6.45, 7) is 23.4. The summed E-state index contributed by atoms with van der Waals surface area (Å²) in [7, 11) is 0. The summed E-state index contributed by atoms with van der Waals surface area (Å²) in [5.41, 5.74) is 3.73. The molecular weight excluding hydrogens is 584 g/mol. The number of benzene rings is 2. The first-order valence-electron chi connectivity index (χ1n) is 16.1. The molecule has 0 heterocycles. The van der Waals surface area contributed by atoms with E-state index in [2.05, 4.69) is 0 Å². The third-order valence-corrected chi connectivity index (χ3v) is 8.05. The fourth-order valence-electron chi connectivity index (χ4n) is 5.18. The predicted octanol–water partition coefficient (Wildman–Crippen LogP) is 7.64. The van der Waals surface area contributed by atoms with Gasteiger partial charge in [0.1, 0.15) is 30.6 Å². The number of hydrogen-bond donors (Lipinski definition) is 3. The summed E-state index contributed by atoms with van der Waals surface area (Å²) >= 11 is 0. The standard InChI is InChI=1S/C38H56O8/c1-35(2,3)26-17-23(18-27(32(26)41)36(4,5)6)13-15-30(39)45-21-25(34(43)44)22-46-31(40)16-14-24-19-28(37(7,8)9)33(42)29(20-24)38(10,11)12/h17-20,25,41-42H,13-16,21-22H2,1-12H3,(H,43,44). The predicted molar refractivity (Wildman–Crippen MR) is 181 cm³/mol. The maximum atomic E-state index is 12.6. The summed E-state index contributed by atoms with van der Waals surface area (Å²) in [6, 6.07) is 7.62. The average Bonchev–Trinajstić information content (AvgIpc) is 2.88. The Hall–Kier alpha value is -3.55. The van der Waals surface area contributed by atoms with Crippen LogP contribution in [0.1, 0.15) is 129 Å². The number of rotatable bonds is 11. The molecule has 0 aromatic heterocycles. The van der Waals surface area contributed by atoms with Crippen molar-refractivity contribution in [1.82, 2.24) is 0 Å². The van der Waals surface area contributed by atoms with Gasteiger partial charge in [-0.25, -0.2) is 0 Å². The number of carbonyl (C=O) groups is 3. The van der Waals surface area contributed by atoms with Crippen molar-refractivity contribution in [3.63, 3.8) is 0 Å². The highest BCUT2D eigenvalue weighted by atomic mass is 16.5. The van der Waals surface area contributed by atoms with Crippen LogP contribution in [0.4, 0.5) is 0 Å². The van der Waals surface area contributed by atoms with Gasteiger partial charge in [-0.15, -0.1) is 0 Å². The number of carboxylic acids is 1. The molecule has 8 heteroatoms. The lowest BCUT2D eigenvalue weighted by atomic mass is 9.78. The van der Waals surface area contributed by atoms with Crippen molar-refractivity contribution in [3.05, 3.63) is 57.6 Å². The van der Waals surface area contributed by atoms with Gasteiger partial charge < -0.3 is 24.8 Å². The van der Waals surface area contributed by atoms with Crippen molar-refractivity contribution in [2.45, 2.75) is 130 Å². The second-order valence-electron chi connectivity index (χ2n) is 16.5. The molecule has 0 saturated carbocycles. The highest BCUT2D eigenvalue weighted by Crippen LogP contribution is 2.41. The van der Waals surface area contributed by atoms with E-state index in [-0.39, 0.29) is 46.0 Å². The van der Waals surface area contributed by atoms with E-state index >= 15 is 0 Å². The Morgan fingerprint density at radius 2 is 0.826 bits per heavy atom. The molecule has 256 valence electrons. The zero-order valence-electron chi connectivity index (χ0n) is 30.0. The SMILES string of the molecule is CC(C)(C)c1cc(CCC(=O)OCC(COC(=O)CCc2cc(C(C)(C)C)c(O)c(C(C)(C)C)c2)C(=O)O)cc(C(C)(C)C)c1O. The number of ether oxygens (including phenoxy) is 2. The van der Waals surface area contributed by atoms with Crippen LogP contribution in [0.3, 0.4) is 0 Å². The molecule has 0 radical (unpaired) electrons. The Balaban J connectivity index is 2.00.